The van der Waals surface area contributed by atoms with Crippen LogP contribution in [-0.4, -0.2) is 20.1 Å². The van der Waals surface area contributed by atoms with Crippen LogP contribution in [0.15, 0.2) is 11.4 Å². The number of rotatable bonds is 4. The second-order valence-corrected chi connectivity index (χ2v) is 4.51. The fourth-order valence-electron chi connectivity index (χ4n) is 0.942. The number of nitrogens with two attached hydrogens (primary N) is 1. The maximum atomic E-state index is 10.8. The lowest BCUT2D eigenvalue weighted by atomic mass is 10.5. The van der Waals surface area contributed by atoms with Crippen molar-refractivity contribution in [2.45, 2.75) is 24.1 Å². The van der Waals surface area contributed by atoms with Gasteiger partial charge in [0.2, 0.25) is 5.82 Å². The van der Waals surface area contributed by atoms with Crippen molar-refractivity contribution in [2.24, 2.45) is 5.84 Å². The molecule has 1 aromatic heterocycles. The van der Waals surface area contributed by atoms with E-state index < -0.39 is 4.92 Å². The molecule has 1 aromatic rings. The van der Waals surface area contributed by atoms with Crippen LogP contribution in [0.3, 0.4) is 0 Å². The fourth-order valence-corrected chi connectivity index (χ4v) is 1.78. The summed E-state index contributed by atoms with van der Waals surface area (Å²) in [6.07, 6.45) is 1.24. The van der Waals surface area contributed by atoms with Gasteiger partial charge in [0.25, 0.3) is 0 Å². The second kappa shape index (κ2) is 4.89. The Morgan fingerprint density at radius 1 is 1.60 bits per heavy atom. The molecule has 0 aromatic carbocycles. The van der Waals surface area contributed by atoms with Gasteiger partial charge in [0.15, 0.2) is 5.03 Å². The van der Waals surface area contributed by atoms with E-state index in [4.69, 9.17) is 5.84 Å². The normalized spacial score (nSPS) is 10.4. The van der Waals surface area contributed by atoms with E-state index in [1.165, 1.54) is 18.1 Å². The van der Waals surface area contributed by atoms with Crippen molar-refractivity contribution in [3.63, 3.8) is 0 Å². The van der Waals surface area contributed by atoms with Gasteiger partial charge in [-0.1, -0.05) is 25.6 Å². The number of anilines is 1. The minimum absolute atomic E-state index is 0.0261. The van der Waals surface area contributed by atoms with Crippen LogP contribution < -0.4 is 11.3 Å². The molecular formula is C7H11N5O2S. The zero-order chi connectivity index (χ0) is 11.4. The van der Waals surface area contributed by atoms with Crippen LogP contribution in [-0.2, 0) is 0 Å². The molecule has 0 bridgehead atoms. The lowest BCUT2D eigenvalue weighted by Crippen LogP contribution is -2.12. The third-order valence-electron chi connectivity index (χ3n) is 1.46. The van der Waals surface area contributed by atoms with Gasteiger partial charge in [0.1, 0.15) is 6.33 Å². The smallest absolute Gasteiger partial charge is 0.303 e. The highest BCUT2D eigenvalue weighted by atomic mass is 32.2. The molecule has 7 nitrogen and oxygen atoms in total. The Morgan fingerprint density at radius 3 is 2.73 bits per heavy atom. The first-order valence-corrected chi connectivity index (χ1v) is 5.07. The van der Waals surface area contributed by atoms with Gasteiger partial charge in [-0.05, 0) is 0 Å². The summed E-state index contributed by atoms with van der Waals surface area (Å²) in [5, 5.41) is 11.3. The van der Waals surface area contributed by atoms with Crippen molar-refractivity contribution >= 4 is 23.3 Å². The molecule has 0 aliphatic heterocycles. The van der Waals surface area contributed by atoms with Crippen molar-refractivity contribution in [2.75, 3.05) is 5.43 Å². The summed E-state index contributed by atoms with van der Waals surface area (Å²) in [6, 6.07) is 0. The van der Waals surface area contributed by atoms with Crippen LogP contribution in [0.4, 0.5) is 11.5 Å². The van der Waals surface area contributed by atoms with Crippen LogP contribution in [0.1, 0.15) is 13.8 Å². The highest BCUT2D eigenvalue weighted by Crippen LogP contribution is 2.33. The van der Waals surface area contributed by atoms with Crippen molar-refractivity contribution < 1.29 is 4.92 Å². The number of nitrogens with zero attached hydrogens (tertiary/aromatic N) is 3. The third-order valence-corrected chi connectivity index (χ3v) is 2.45. The zero-order valence-electron chi connectivity index (χ0n) is 8.30. The SMILES string of the molecule is CC(C)Sc1ncnc(NN)c1[N+](=O)[O-]. The van der Waals surface area contributed by atoms with Crippen LogP contribution in [0.25, 0.3) is 0 Å². The Kier molecular flexibility index (Phi) is 3.81. The van der Waals surface area contributed by atoms with Gasteiger partial charge in [-0.2, -0.15) is 0 Å². The monoisotopic (exact) mass is 229 g/mol. The molecule has 0 aliphatic carbocycles. The predicted octanol–water partition coefficient (Wildman–Crippen LogP) is 1.17. The quantitative estimate of drug-likeness (QED) is 0.262. The van der Waals surface area contributed by atoms with E-state index in [-0.39, 0.29) is 16.8 Å². The molecule has 1 rings (SSSR count). The van der Waals surface area contributed by atoms with Gasteiger partial charge in [-0.3, -0.25) is 10.1 Å². The minimum Gasteiger partial charge on any atom is -0.303 e. The molecule has 3 N–H and O–H groups in total. The van der Waals surface area contributed by atoms with E-state index in [1.54, 1.807) is 0 Å². The highest BCUT2D eigenvalue weighted by Gasteiger charge is 2.23. The Balaban J connectivity index is 3.19. The number of thioether (sulfide) groups is 1. The maximum absolute atomic E-state index is 10.8. The first kappa shape index (κ1) is 11.7. The maximum Gasteiger partial charge on any atom is 0.344 e. The second-order valence-electron chi connectivity index (χ2n) is 2.94. The van der Waals surface area contributed by atoms with Crippen LogP contribution in [0, 0.1) is 10.1 Å². The number of nitro groups is 1. The van der Waals surface area contributed by atoms with Crippen molar-refractivity contribution in [3.8, 4) is 0 Å². The standard InChI is InChI=1S/C7H11N5O2S/c1-4(2)15-7-5(12(13)14)6(11-8)9-3-10-7/h3-4H,8H2,1-2H3,(H,9,10,11). The number of nitrogens with one attached hydrogen (secondary N) is 1. The molecule has 8 heteroatoms. The highest BCUT2D eigenvalue weighted by molar-refractivity contribution is 7.99. The Morgan fingerprint density at radius 2 is 2.27 bits per heavy atom. The molecule has 0 amide bonds. The van der Waals surface area contributed by atoms with Crippen molar-refractivity contribution in [3.05, 3.63) is 16.4 Å². The lowest BCUT2D eigenvalue weighted by molar-refractivity contribution is -0.387. The van der Waals surface area contributed by atoms with Crippen LogP contribution >= 0.6 is 11.8 Å². The Labute approximate surface area is 90.6 Å². The van der Waals surface area contributed by atoms with E-state index in [2.05, 4.69) is 15.4 Å². The Bertz CT molecular complexity index is 370. The van der Waals surface area contributed by atoms with Gasteiger partial charge in [-0.15, -0.1) is 0 Å². The lowest BCUT2D eigenvalue weighted by Gasteiger charge is -2.06. The number of aromatic nitrogens is 2. The average Bonchev–Trinajstić information content (AvgIpc) is 2.15. The van der Waals surface area contributed by atoms with Gasteiger partial charge in [0, 0.05) is 5.25 Å². The zero-order valence-corrected chi connectivity index (χ0v) is 9.11. The summed E-state index contributed by atoms with van der Waals surface area (Å²) in [5.41, 5.74) is 2.00. The third kappa shape index (κ3) is 2.77. The van der Waals surface area contributed by atoms with E-state index in [1.807, 2.05) is 13.8 Å². The van der Waals surface area contributed by atoms with E-state index in [0.29, 0.717) is 5.03 Å². The molecule has 0 unspecified atom stereocenters. The molecular weight excluding hydrogens is 218 g/mol. The fraction of sp³-hybridized carbons (Fsp3) is 0.429. The summed E-state index contributed by atoms with van der Waals surface area (Å²) in [6.45, 7) is 3.85. The molecule has 0 aliphatic rings. The van der Waals surface area contributed by atoms with Crippen LogP contribution in [0.2, 0.25) is 0 Å². The first-order chi connectivity index (χ1) is 7.06. The van der Waals surface area contributed by atoms with Crippen LogP contribution in [0.5, 0.6) is 0 Å². The van der Waals surface area contributed by atoms with E-state index in [0.717, 1.165) is 0 Å². The number of nitrogen functional groups attached to an aromatic ring is 1. The largest absolute Gasteiger partial charge is 0.344 e. The van der Waals surface area contributed by atoms with Gasteiger partial charge >= 0.3 is 5.69 Å². The molecule has 0 atom stereocenters. The predicted molar refractivity (Wildman–Crippen MR) is 57.5 cm³/mol. The van der Waals surface area contributed by atoms with E-state index >= 15 is 0 Å². The average molecular weight is 229 g/mol. The van der Waals surface area contributed by atoms with Gasteiger partial charge < -0.3 is 5.43 Å². The summed E-state index contributed by atoms with van der Waals surface area (Å²) < 4.78 is 0. The molecule has 0 radical (unpaired) electrons. The van der Waals surface area contributed by atoms with Gasteiger partial charge in [-0.25, -0.2) is 15.8 Å². The summed E-state index contributed by atoms with van der Waals surface area (Å²) in [7, 11) is 0. The molecule has 15 heavy (non-hydrogen) atoms. The van der Waals surface area contributed by atoms with Gasteiger partial charge in [0.05, 0.1) is 4.92 Å². The number of hydrogen-bond donors (Lipinski definition) is 2. The summed E-state index contributed by atoms with van der Waals surface area (Å²) in [5.74, 6) is 5.16. The molecule has 1 heterocycles. The van der Waals surface area contributed by atoms with Crippen molar-refractivity contribution in [1.82, 2.24) is 9.97 Å². The Hall–Kier alpha value is -1.41. The number of hydrazine groups is 1. The molecule has 0 saturated heterocycles. The minimum atomic E-state index is -0.542. The topological polar surface area (TPSA) is 107 Å². The van der Waals surface area contributed by atoms with E-state index in [9.17, 15) is 10.1 Å². The number of hydrogen-bond acceptors (Lipinski definition) is 7. The molecule has 0 saturated carbocycles. The molecule has 82 valence electrons. The summed E-state index contributed by atoms with van der Waals surface area (Å²) in [4.78, 5) is 17.8. The first-order valence-electron chi connectivity index (χ1n) is 4.19. The van der Waals surface area contributed by atoms with Crippen molar-refractivity contribution in [1.29, 1.82) is 0 Å². The molecule has 0 spiro atoms. The molecule has 0 fully saturated rings. The summed E-state index contributed by atoms with van der Waals surface area (Å²) >= 11 is 1.29.